The number of imidazole rings is 1. The molecule has 0 fully saturated rings. The minimum atomic E-state index is 0.649. The van der Waals surface area contributed by atoms with E-state index in [1.54, 1.807) is 6.20 Å². The third-order valence-corrected chi connectivity index (χ3v) is 3.42. The second-order valence-electron chi connectivity index (χ2n) is 4.09. The number of aryl methyl sites for hydroxylation is 1. The quantitative estimate of drug-likeness (QED) is 0.876. The molecule has 1 aromatic carbocycles. The fourth-order valence-electron chi connectivity index (χ4n) is 1.73. The van der Waals surface area contributed by atoms with Crippen molar-refractivity contribution in [1.82, 2.24) is 9.55 Å². The Bertz CT molecular complexity index is 597. The van der Waals surface area contributed by atoms with Crippen molar-refractivity contribution in [2.24, 2.45) is 7.05 Å². The van der Waals surface area contributed by atoms with E-state index in [4.69, 9.17) is 5.26 Å². The van der Waals surface area contributed by atoms with Crippen LogP contribution in [0.15, 0.2) is 35.1 Å². The number of halogens is 1. The van der Waals surface area contributed by atoms with Crippen LogP contribution in [-0.2, 0) is 13.6 Å². The molecule has 0 atom stereocenters. The second-order valence-corrected chi connectivity index (χ2v) is 4.94. The summed E-state index contributed by atoms with van der Waals surface area (Å²) in [5, 5.41) is 8.84. The largest absolute Gasteiger partial charge is 0.366 e. The van der Waals surface area contributed by atoms with Gasteiger partial charge in [-0.2, -0.15) is 5.26 Å². The molecule has 0 amide bonds. The molecule has 0 bridgehead atoms. The van der Waals surface area contributed by atoms with Gasteiger partial charge in [0.25, 0.3) is 0 Å². The highest BCUT2D eigenvalue weighted by Crippen LogP contribution is 2.27. The van der Waals surface area contributed by atoms with Gasteiger partial charge in [-0.25, -0.2) is 4.98 Å². The van der Waals surface area contributed by atoms with Crippen molar-refractivity contribution in [2.75, 3.05) is 11.9 Å². The summed E-state index contributed by atoms with van der Waals surface area (Å²) in [6.07, 6.45) is 3.72. The van der Waals surface area contributed by atoms with Crippen LogP contribution in [0.2, 0.25) is 0 Å². The number of benzene rings is 1. The van der Waals surface area contributed by atoms with Crippen LogP contribution in [0.1, 0.15) is 11.4 Å². The van der Waals surface area contributed by atoms with E-state index in [-0.39, 0.29) is 0 Å². The molecule has 0 radical (unpaired) electrons. The van der Waals surface area contributed by atoms with Crippen molar-refractivity contribution in [3.8, 4) is 6.07 Å². The Kier molecular flexibility index (Phi) is 3.68. The van der Waals surface area contributed by atoms with E-state index in [2.05, 4.69) is 31.9 Å². The van der Waals surface area contributed by atoms with Crippen molar-refractivity contribution >= 4 is 21.6 Å². The predicted molar refractivity (Wildman–Crippen MR) is 74.2 cm³/mol. The maximum atomic E-state index is 8.84. The Morgan fingerprint density at radius 3 is 2.83 bits per heavy atom. The molecule has 1 aromatic heterocycles. The van der Waals surface area contributed by atoms with E-state index in [1.807, 2.05) is 43.1 Å². The highest BCUT2D eigenvalue weighted by molar-refractivity contribution is 9.10. The molecule has 0 aliphatic rings. The Morgan fingerprint density at radius 1 is 1.50 bits per heavy atom. The molecule has 2 aromatic rings. The standard InChI is InChI=1S/C13H13BrN4/c1-17-6-5-16-13(17)9-18(2)12-4-3-10(8-15)7-11(12)14/h3-7H,9H2,1-2H3. The first-order valence-corrected chi connectivity index (χ1v) is 6.28. The summed E-state index contributed by atoms with van der Waals surface area (Å²) in [6.45, 7) is 0.716. The summed E-state index contributed by atoms with van der Waals surface area (Å²) in [7, 11) is 3.98. The predicted octanol–water partition coefficient (Wildman–Crippen LogP) is 2.69. The summed E-state index contributed by atoms with van der Waals surface area (Å²) >= 11 is 3.49. The molecule has 1 heterocycles. The Morgan fingerprint density at radius 2 is 2.28 bits per heavy atom. The van der Waals surface area contributed by atoms with Crippen molar-refractivity contribution in [1.29, 1.82) is 5.26 Å². The zero-order chi connectivity index (χ0) is 13.1. The van der Waals surface area contributed by atoms with Crippen LogP contribution in [0, 0.1) is 11.3 Å². The summed E-state index contributed by atoms with van der Waals surface area (Å²) in [6, 6.07) is 7.70. The van der Waals surface area contributed by atoms with Gasteiger partial charge in [0.2, 0.25) is 0 Å². The first-order valence-electron chi connectivity index (χ1n) is 5.49. The molecule has 0 saturated carbocycles. The lowest BCUT2D eigenvalue weighted by Crippen LogP contribution is -2.19. The van der Waals surface area contributed by atoms with Crippen molar-refractivity contribution in [3.63, 3.8) is 0 Å². The number of nitriles is 1. The average Bonchev–Trinajstić information content (AvgIpc) is 2.74. The summed E-state index contributed by atoms with van der Waals surface area (Å²) in [5.41, 5.74) is 1.69. The number of hydrogen-bond acceptors (Lipinski definition) is 3. The van der Waals surface area contributed by atoms with Gasteiger partial charge in [0, 0.05) is 31.0 Å². The molecular formula is C13H13BrN4. The van der Waals surface area contributed by atoms with E-state index in [0.29, 0.717) is 12.1 Å². The first-order chi connectivity index (χ1) is 8.61. The van der Waals surface area contributed by atoms with Crippen LogP contribution in [0.5, 0.6) is 0 Å². The van der Waals surface area contributed by atoms with Crippen LogP contribution in [0.3, 0.4) is 0 Å². The van der Waals surface area contributed by atoms with E-state index in [1.165, 1.54) is 0 Å². The van der Waals surface area contributed by atoms with Gasteiger partial charge in [-0.15, -0.1) is 0 Å². The Labute approximate surface area is 115 Å². The van der Waals surface area contributed by atoms with Crippen LogP contribution < -0.4 is 4.90 Å². The van der Waals surface area contributed by atoms with Gasteiger partial charge in [0.05, 0.1) is 23.9 Å². The minimum Gasteiger partial charge on any atom is -0.366 e. The fraction of sp³-hybridized carbons (Fsp3) is 0.231. The van der Waals surface area contributed by atoms with Crippen LogP contribution in [-0.4, -0.2) is 16.6 Å². The third-order valence-electron chi connectivity index (χ3n) is 2.79. The highest BCUT2D eigenvalue weighted by Gasteiger charge is 2.09. The highest BCUT2D eigenvalue weighted by atomic mass is 79.9. The van der Waals surface area contributed by atoms with Gasteiger partial charge >= 0.3 is 0 Å². The zero-order valence-electron chi connectivity index (χ0n) is 10.3. The van der Waals surface area contributed by atoms with E-state index < -0.39 is 0 Å². The second kappa shape index (κ2) is 5.23. The zero-order valence-corrected chi connectivity index (χ0v) is 11.8. The van der Waals surface area contributed by atoms with Gasteiger partial charge in [0.1, 0.15) is 5.82 Å². The SMILES string of the molecule is CN(Cc1nccn1C)c1ccc(C#N)cc1Br. The van der Waals surface area contributed by atoms with Gasteiger partial charge in [0.15, 0.2) is 0 Å². The molecular weight excluding hydrogens is 292 g/mol. The summed E-state index contributed by atoms with van der Waals surface area (Å²) in [5.74, 6) is 0.994. The van der Waals surface area contributed by atoms with Crippen LogP contribution in [0.4, 0.5) is 5.69 Å². The van der Waals surface area contributed by atoms with E-state index >= 15 is 0 Å². The fourth-order valence-corrected chi connectivity index (χ4v) is 2.41. The molecule has 92 valence electrons. The Hall–Kier alpha value is -1.80. The maximum Gasteiger partial charge on any atom is 0.127 e. The number of hydrogen-bond donors (Lipinski definition) is 0. The number of nitrogens with zero attached hydrogens (tertiary/aromatic N) is 4. The molecule has 0 saturated heterocycles. The lowest BCUT2D eigenvalue weighted by Gasteiger charge is -2.20. The molecule has 0 aliphatic heterocycles. The topological polar surface area (TPSA) is 44.9 Å². The minimum absolute atomic E-state index is 0.649. The van der Waals surface area contributed by atoms with Crippen molar-refractivity contribution in [2.45, 2.75) is 6.54 Å². The van der Waals surface area contributed by atoms with Gasteiger partial charge in [-0.1, -0.05) is 0 Å². The maximum absolute atomic E-state index is 8.84. The third kappa shape index (κ3) is 2.54. The Balaban J connectivity index is 2.22. The molecule has 4 nitrogen and oxygen atoms in total. The normalized spacial score (nSPS) is 10.1. The van der Waals surface area contributed by atoms with E-state index in [9.17, 15) is 0 Å². The smallest absolute Gasteiger partial charge is 0.127 e. The average molecular weight is 305 g/mol. The molecule has 0 N–H and O–H groups in total. The van der Waals surface area contributed by atoms with Gasteiger partial charge in [-0.3, -0.25) is 0 Å². The van der Waals surface area contributed by atoms with Gasteiger partial charge in [-0.05, 0) is 34.1 Å². The van der Waals surface area contributed by atoms with Crippen LogP contribution in [0.25, 0.3) is 0 Å². The first kappa shape index (κ1) is 12.7. The number of rotatable bonds is 3. The van der Waals surface area contributed by atoms with Crippen molar-refractivity contribution in [3.05, 3.63) is 46.5 Å². The molecule has 5 heteroatoms. The molecule has 0 aliphatic carbocycles. The lowest BCUT2D eigenvalue weighted by molar-refractivity contribution is 0.761. The van der Waals surface area contributed by atoms with Crippen LogP contribution >= 0.6 is 15.9 Å². The van der Waals surface area contributed by atoms with Crippen molar-refractivity contribution < 1.29 is 0 Å². The number of anilines is 1. The number of aromatic nitrogens is 2. The lowest BCUT2D eigenvalue weighted by atomic mass is 10.2. The molecule has 0 unspecified atom stereocenters. The summed E-state index contributed by atoms with van der Waals surface area (Å²) < 4.78 is 2.91. The summed E-state index contributed by atoms with van der Waals surface area (Å²) in [4.78, 5) is 6.39. The van der Waals surface area contributed by atoms with Gasteiger partial charge < -0.3 is 9.47 Å². The molecule has 0 spiro atoms. The monoisotopic (exact) mass is 304 g/mol. The molecule has 18 heavy (non-hydrogen) atoms. The van der Waals surface area contributed by atoms with E-state index in [0.717, 1.165) is 16.0 Å². The molecule has 2 rings (SSSR count).